The van der Waals surface area contributed by atoms with Crippen LogP contribution in [0.25, 0.3) is 10.9 Å². The van der Waals surface area contributed by atoms with Crippen molar-refractivity contribution < 1.29 is 63.2 Å². The second-order valence-corrected chi connectivity index (χ2v) is 16.0. The number of β-lactam (4-membered cyclic amide) rings is 1. The van der Waals surface area contributed by atoms with E-state index in [1.807, 2.05) is 0 Å². The van der Waals surface area contributed by atoms with Crippen LogP contribution in [-0.4, -0.2) is 118 Å². The van der Waals surface area contributed by atoms with Gasteiger partial charge in [-0.25, -0.2) is 14.2 Å². The van der Waals surface area contributed by atoms with E-state index >= 15 is 0 Å². The minimum Gasteiger partial charge on any atom is -0.543 e. The van der Waals surface area contributed by atoms with E-state index < -0.39 is 87.8 Å². The van der Waals surface area contributed by atoms with Gasteiger partial charge in [-0.05, 0) is 13.0 Å². The van der Waals surface area contributed by atoms with Crippen molar-refractivity contribution in [3.8, 4) is 11.5 Å². The Morgan fingerprint density at radius 2 is 1.89 bits per heavy atom. The summed E-state index contributed by atoms with van der Waals surface area (Å²) in [5.41, 5.74) is 4.25. The molecule has 0 radical (unpaired) electrons. The molecule has 23 heteroatoms. The van der Waals surface area contributed by atoms with Gasteiger partial charge in [-0.3, -0.25) is 24.1 Å². The summed E-state index contributed by atoms with van der Waals surface area (Å²) in [6.45, 7) is 3.27. The Kier molecular flexibility index (Phi) is 11.2. The molecule has 3 aliphatic rings. The van der Waals surface area contributed by atoms with Crippen LogP contribution in [0.5, 0.6) is 11.5 Å². The van der Waals surface area contributed by atoms with Crippen LogP contribution in [0.15, 0.2) is 33.5 Å². The topological polar surface area (TPSA) is 287 Å². The number of nitrogens with zero attached hydrogens (tertiary/aromatic N) is 5. The monoisotopic (exact) mass is 837 g/mol. The molecule has 56 heavy (non-hydrogen) atoms. The minimum atomic E-state index is -2.02. The molecule has 0 unspecified atom stereocenters. The van der Waals surface area contributed by atoms with E-state index in [0.29, 0.717) is 18.7 Å². The van der Waals surface area contributed by atoms with Crippen molar-refractivity contribution in [3.63, 3.8) is 0 Å². The molecule has 0 spiro atoms. The molecule has 298 valence electrons. The number of anilines is 1. The zero-order valence-electron chi connectivity index (χ0n) is 29.2. The number of pyridine rings is 1. The SMILES string of the molecule is CCn1cc(C[N+]2(CC3=C(C(=O)[O-])N4C(=O)[C@@H](NC(=O)/C(=N\O[C@@H](CC(=O)O)C(=O)O)c5nc(N)sc5Cl)[C@H]4SC3)CCCC2)c(=O)c2cc(F)c(O)c(O)c21. The van der Waals surface area contributed by atoms with Crippen molar-refractivity contribution in [3.05, 3.63) is 55.2 Å². The fourth-order valence-electron chi connectivity index (χ4n) is 7.17. The van der Waals surface area contributed by atoms with Gasteiger partial charge >= 0.3 is 11.9 Å². The average Bonchev–Trinajstić information content (AvgIpc) is 3.74. The molecule has 19 nitrogen and oxygen atoms in total. The number of quaternary nitrogens is 1. The van der Waals surface area contributed by atoms with Crippen LogP contribution >= 0.6 is 34.7 Å². The Bertz CT molecular complexity index is 2310. The van der Waals surface area contributed by atoms with Gasteiger partial charge in [0.1, 0.15) is 34.5 Å². The maximum atomic E-state index is 14.5. The van der Waals surface area contributed by atoms with E-state index in [0.717, 1.165) is 46.9 Å². The number of amides is 2. The van der Waals surface area contributed by atoms with Crippen LogP contribution in [0.1, 0.15) is 37.4 Å². The van der Waals surface area contributed by atoms with Crippen LogP contribution in [-0.2, 0) is 41.9 Å². The number of aliphatic carboxylic acids is 3. The molecular formula is C33H33ClFN7O12S2. The zero-order chi connectivity index (χ0) is 40.8. The second kappa shape index (κ2) is 15.6. The Morgan fingerprint density at radius 3 is 2.48 bits per heavy atom. The number of fused-ring (bicyclic) bond motifs is 2. The third kappa shape index (κ3) is 7.43. The average molecular weight is 838 g/mol. The summed E-state index contributed by atoms with van der Waals surface area (Å²) in [5.74, 6) is -9.70. The number of phenolic OH excluding ortho intramolecular Hbond substituents is 2. The number of halogens is 2. The predicted octanol–water partition coefficient (Wildman–Crippen LogP) is 0.127. The summed E-state index contributed by atoms with van der Waals surface area (Å²) < 4.78 is 16.1. The lowest BCUT2D eigenvalue weighted by atomic mass is 10.0. The quantitative estimate of drug-likeness (QED) is 0.0414. The molecule has 3 aliphatic heterocycles. The molecule has 2 aromatic heterocycles. The van der Waals surface area contributed by atoms with Gasteiger partial charge < -0.3 is 55.3 Å². The van der Waals surface area contributed by atoms with E-state index in [1.165, 1.54) is 10.8 Å². The van der Waals surface area contributed by atoms with Gasteiger partial charge in [0.2, 0.25) is 6.10 Å². The van der Waals surface area contributed by atoms with Gasteiger partial charge in [-0.2, -0.15) is 0 Å². The number of carbonyl (C=O) groups is 5. The van der Waals surface area contributed by atoms with E-state index in [4.69, 9.17) is 27.3 Å². The summed E-state index contributed by atoms with van der Waals surface area (Å²) in [6, 6.07) is -0.459. The normalized spacial score (nSPS) is 19.7. The molecule has 5 heterocycles. The largest absolute Gasteiger partial charge is 0.543 e. The first-order valence-electron chi connectivity index (χ1n) is 16.9. The van der Waals surface area contributed by atoms with Gasteiger partial charge in [0.05, 0.1) is 47.6 Å². The lowest BCUT2D eigenvalue weighted by molar-refractivity contribution is -0.925. The van der Waals surface area contributed by atoms with E-state index in [-0.39, 0.29) is 61.5 Å². The van der Waals surface area contributed by atoms with Crippen LogP contribution in [0.3, 0.4) is 0 Å². The number of oxime groups is 1. The molecule has 0 bridgehead atoms. The molecule has 2 amide bonds. The fourth-order valence-corrected chi connectivity index (χ4v) is 9.44. The van der Waals surface area contributed by atoms with Gasteiger partial charge in [0.25, 0.3) is 11.8 Å². The molecule has 3 aromatic rings. The highest BCUT2D eigenvalue weighted by Crippen LogP contribution is 2.42. The molecule has 1 aromatic carbocycles. The van der Waals surface area contributed by atoms with Crippen molar-refractivity contribution in [2.24, 2.45) is 5.16 Å². The summed E-state index contributed by atoms with van der Waals surface area (Å²) in [4.78, 5) is 86.0. The summed E-state index contributed by atoms with van der Waals surface area (Å²) in [7, 11) is 0. The summed E-state index contributed by atoms with van der Waals surface area (Å²) in [5, 5.41) is 56.3. The van der Waals surface area contributed by atoms with Crippen molar-refractivity contribution >= 4 is 86.2 Å². The molecule has 3 atom stereocenters. The number of thiazole rings is 1. The number of nitrogens with two attached hydrogens (primary N) is 1. The number of aromatic nitrogens is 2. The van der Waals surface area contributed by atoms with E-state index in [9.17, 15) is 53.6 Å². The maximum absolute atomic E-state index is 14.5. The van der Waals surface area contributed by atoms with Crippen LogP contribution in [0.4, 0.5) is 9.52 Å². The first kappa shape index (κ1) is 40.2. The zero-order valence-corrected chi connectivity index (χ0v) is 31.6. The van der Waals surface area contributed by atoms with Crippen LogP contribution in [0, 0.1) is 5.82 Å². The molecular weight excluding hydrogens is 805 g/mol. The minimum absolute atomic E-state index is 0.0323. The van der Waals surface area contributed by atoms with Gasteiger partial charge in [-0.15, -0.1) is 11.8 Å². The Balaban J connectivity index is 1.27. The number of aromatic hydroxyl groups is 2. The first-order chi connectivity index (χ1) is 26.5. The number of carboxylic acid groups (broad SMARTS) is 3. The summed E-state index contributed by atoms with van der Waals surface area (Å²) >= 11 is 8.06. The summed E-state index contributed by atoms with van der Waals surface area (Å²) in [6.07, 6.45) is -0.0352. The smallest absolute Gasteiger partial charge is 0.348 e. The Morgan fingerprint density at radius 1 is 1.20 bits per heavy atom. The highest BCUT2D eigenvalue weighted by atomic mass is 35.5. The second-order valence-electron chi connectivity index (χ2n) is 13.3. The number of carbonyl (C=O) groups excluding carboxylic acids is 3. The van der Waals surface area contributed by atoms with Crippen LogP contribution in [0.2, 0.25) is 4.34 Å². The van der Waals surface area contributed by atoms with Crippen molar-refractivity contribution in [2.45, 2.75) is 56.8 Å². The van der Waals surface area contributed by atoms with Crippen LogP contribution < -0.4 is 21.6 Å². The number of hydrogen-bond donors (Lipinski definition) is 6. The Hall–Kier alpha value is -5.45. The standard InChI is InChI=1S/C33H33ClFN7O12S2/c1-2-40-9-13(24(45)15-7-16(35)25(46)26(47)23(15)40)10-42(5-3-4-6-42)11-14-12-55-30-21(29(49)41(30)22(14)32(52)53)37-28(48)20(19-27(34)56-33(36)38-19)39-54-17(31(50)51)8-18(43)44/h7,9,17,21,30H,2-6,8,10-12H2,1H3,(H7-,36,37,38,39,43,44,45,46,47,48,50,51,52,53)/t17-,21+,30+/m0/s1. The number of nitrogens with one attached hydrogen (secondary N) is 1. The van der Waals surface area contributed by atoms with Gasteiger partial charge in [-0.1, -0.05) is 28.1 Å². The Labute approximate surface area is 328 Å². The lowest BCUT2D eigenvalue weighted by Crippen LogP contribution is -2.72. The van der Waals surface area contributed by atoms with E-state index in [2.05, 4.69) is 15.5 Å². The lowest BCUT2D eigenvalue weighted by Gasteiger charge is -2.51. The molecule has 6 rings (SSSR count). The number of carboxylic acids is 3. The third-order valence-electron chi connectivity index (χ3n) is 9.70. The number of phenols is 2. The molecule has 2 saturated heterocycles. The maximum Gasteiger partial charge on any atom is 0.348 e. The van der Waals surface area contributed by atoms with Crippen molar-refractivity contribution in [2.75, 3.05) is 31.1 Å². The predicted molar refractivity (Wildman–Crippen MR) is 195 cm³/mol. The first-order valence-corrected chi connectivity index (χ1v) is 19.1. The molecule has 2 fully saturated rings. The fraction of sp³-hybridized carbons (Fsp3) is 0.394. The van der Waals surface area contributed by atoms with E-state index in [1.54, 1.807) is 6.92 Å². The van der Waals surface area contributed by atoms with Crippen molar-refractivity contribution in [1.29, 1.82) is 0 Å². The highest BCUT2D eigenvalue weighted by molar-refractivity contribution is 8.00. The third-order valence-corrected chi connectivity index (χ3v) is 12.1. The number of likely N-dealkylation sites (tertiary alicyclic amines) is 1. The molecule has 7 N–H and O–H groups in total. The molecule has 0 saturated carbocycles. The van der Waals surface area contributed by atoms with Gasteiger partial charge in [0, 0.05) is 36.9 Å². The molecule has 0 aliphatic carbocycles. The van der Waals surface area contributed by atoms with Crippen molar-refractivity contribution in [1.82, 2.24) is 19.8 Å². The van der Waals surface area contributed by atoms with Gasteiger partial charge in [0.15, 0.2) is 33.6 Å². The number of rotatable bonds is 14. The number of aryl methyl sites for hydroxylation is 1. The number of hydrogen-bond acceptors (Lipinski definition) is 15. The number of benzene rings is 1. The number of thioether (sulfide) groups is 1. The highest BCUT2D eigenvalue weighted by Gasteiger charge is 2.54. The number of nitrogen functional groups attached to an aromatic ring is 1.